The molecule has 0 spiro atoms. The Hall–Kier alpha value is -3.39. The summed E-state index contributed by atoms with van der Waals surface area (Å²) in [4.78, 5) is 18.8. The van der Waals surface area contributed by atoms with Gasteiger partial charge in [0.05, 0.1) is 11.3 Å². The molecule has 3 rings (SSSR count). The molecular formula is C21H20F3N4O3P. The van der Waals surface area contributed by atoms with E-state index < -0.39 is 30.7 Å². The summed E-state index contributed by atoms with van der Waals surface area (Å²) < 4.78 is 53.3. The van der Waals surface area contributed by atoms with Gasteiger partial charge < -0.3 is 20.3 Å². The second-order valence-corrected chi connectivity index (χ2v) is 10.6. The van der Waals surface area contributed by atoms with E-state index in [9.17, 15) is 22.5 Å². The van der Waals surface area contributed by atoms with Gasteiger partial charge in [0.25, 0.3) is 0 Å². The first kappa shape index (κ1) is 23.3. The molecule has 3 N–H and O–H groups in total. The third-order valence-corrected chi connectivity index (χ3v) is 6.10. The topological polar surface area (TPSA) is 104 Å². The molecule has 0 unspecified atom stereocenters. The fourth-order valence-electron chi connectivity index (χ4n) is 2.98. The maximum absolute atomic E-state index is 13.6. The number of benzene rings is 2. The fraction of sp³-hybridized carbons (Fsp3) is 0.190. The minimum Gasteiger partial charge on any atom is -0.478 e. The van der Waals surface area contributed by atoms with E-state index in [1.807, 2.05) is 0 Å². The number of alkyl halides is 3. The van der Waals surface area contributed by atoms with Crippen molar-refractivity contribution in [3.8, 4) is 0 Å². The van der Waals surface area contributed by atoms with Crippen LogP contribution in [0.1, 0.15) is 21.5 Å². The Morgan fingerprint density at radius 3 is 2.34 bits per heavy atom. The molecule has 0 amide bonds. The normalized spacial score (nSPS) is 11.8. The second-order valence-electron chi connectivity index (χ2n) is 7.41. The monoisotopic (exact) mass is 464 g/mol. The van der Waals surface area contributed by atoms with Crippen LogP contribution in [0.4, 0.5) is 36.3 Å². The maximum atomic E-state index is 13.6. The number of aromatic nitrogens is 2. The van der Waals surface area contributed by atoms with Gasteiger partial charge in [-0.25, -0.2) is 9.78 Å². The number of carbonyl (C=O) groups is 1. The van der Waals surface area contributed by atoms with E-state index in [-0.39, 0.29) is 17.2 Å². The molecular weight excluding hydrogens is 444 g/mol. The third kappa shape index (κ3) is 5.26. The van der Waals surface area contributed by atoms with E-state index in [4.69, 9.17) is 5.11 Å². The average molecular weight is 464 g/mol. The zero-order valence-corrected chi connectivity index (χ0v) is 18.3. The van der Waals surface area contributed by atoms with E-state index in [0.717, 1.165) is 0 Å². The van der Waals surface area contributed by atoms with E-state index in [0.29, 0.717) is 22.8 Å². The van der Waals surface area contributed by atoms with Crippen LogP contribution in [0.3, 0.4) is 0 Å². The SMILES string of the molecule is Cc1cc(C(=O)O)ccc1Nc1ncc(C(F)(F)F)c(Nc2ccccc2P(C)(C)=O)n1. The lowest BCUT2D eigenvalue weighted by molar-refractivity contribution is -0.137. The highest BCUT2D eigenvalue weighted by molar-refractivity contribution is 7.70. The number of nitrogens with one attached hydrogen (secondary N) is 2. The number of carboxylic acid groups (broad SMARTS) is 1. The Balaban J connectivity index is 2.02. The number of halogens is 3. The summed E-state index contributed by atoms with van der Waals surface area (Å²) in [5.41, 5.74) is 0.221. The number of para-hydroxylation sites is 1. The Bertz CT molecular complexity index is 1230. The first-order chi connectivity index (χ1) is 14.9. The van der Waals surface area contributed by atoms with Crippen LogP contribution in [0, 0.1) is 6.92 Å². The van der Waals surface area contributed by atoms with Gasteiger partial charge in [0, 0.05) is 17.2 Å². The molecule has 168 valence electrons. The van der Waals surface area contributed by atoms with Crippen LogP contribution in [0.25, 0.3) is 0 Å². The molecule has 0 saturated carbocycles. The van der Waals surface area contributed by atoms with Crippen LogP contribution < -0.4 is 15.9 Å². The standard InChI is InChI=1S/C21H20F3N4O3P/c1-12-10-13(19(29)30)8-9-15(12)27-20-25-11-14(21(22,23)24)18(28-20)26-16-6-4-5-7-17(16)32(2,3)31/h4-11H,1-3H3,(H,29,30)(H2,25,26,27,28). The number of rotatable bonds is 6. The Kier molecular flexibility index (Phi) is 6.27. The first-order valence-corrected chi connectivity index (χ1v) is 11.9. The molecule has 0 aliphatic carbocycles. The van der Waals surface area contributed by atoms with Gasteiger partial charge >= 0.3 is 12.1 Å². The molecule has 32 heavy (non-hydrogen) atoms. The molecule has 0 aliphatic rings. The molecule has 0 saturated heterocycles. The van der Waals surface area contributed by atoms with Crippen molar-refractivity contribution in [2.75, 3.05) is 24.0 Å². The zero-order chi connectivity index (χ0) is 23.7. The van der Waals surface area contributed by atoms with Gasteiger partial charge in [-0.15, -0.1) is 0 Å². The van der Waals surface area contributed by atoms with Crippen molar-refractivity contribution in [3.05, 3.63) is 65.4 Å². The van der Waals surface area contributed by atoms with Crippen molar-refractivity contribution >= 4 is 41.6 Å². The molecule has 11 heteroatoms. The van der Waals surface area contributed by atoms with Crippen molar-refractivity contribution < 1.29 is 27.6 Å². The third-order valence-electron chi connectivity index (χ3n) is 4.55. The smallest absolute Gasteiger partial charge is 0.421 e. The van der Waals surface area contributed by atoms with Gasteiger partial charge in [0.2, 0.25) is 5.95 Å². The molecule has 1 aromatic heterocycles. The summed E-state index contributed by atoms with van der Waals surface area (Å²) in [6.45, 7) is 4.69. The predicted molar refractivity (Wildman–Crippen MR) is 117 cm³/mol. The van der Waals surface area contributed by atoms with Crippen LogP contribution in [0.15, 0.2) is 48.7 Å². The van der Waals surface area contributed by atoms with Gasteiger partial charge in [-0.1, -0.05) is 12.1 Å². The Morgan fingerprint density at radius 1 is 1.06 bits per heavy atom. The minimum atomic E-state index is -4.73. The average Bonchev–Trinajstić information content (AvgIpc) is 2.68. The fourth-order valence-corrected chi connectivity index (χ4v) is 4.13. The molecule has 2 aromatic carbocycles. The largest absolute Gasteiger partial charge is 0.478 e. The molecule has 1 heterocycles. The number of hydrogen-bond donors (Lipinski definition) is 3. The van der Waals surface area contributed by atoms with Gasteiger partial charge in [-0.2, -0.15) is 18.2 Å². The van der Waals surface area contributed by atoms with E-state index in [2.05, 4.69) is 20.6 Å². The number of anilines is 4. The zero-order valence-electron chi connectivity index (χ0n) is 17.4. The lowest BCUT2D eigenvalue weighted by Gasteiger charge is -2.18. The number of carboxylic acids is 1. The van der Waals surface area contributed by atoms with Gasteiger partial charge in [-0.3, -0.25) is 0 Å². The highest BCUT2D eigenvalue weighted by Crippen LogP contribution is 2.40. The lowest BCUT2D eigenvalue weighted by Crippen LogP contribution is -2.16. The van der Waals surface area contributed by atoms with Crippen LogP contribution >= 0.6 is 7.14 Å². The van der Waals surface area contributed by atoms with Crippen molar-refractivity contribution in [3.63, 3.8) is 0 Å². The van der Waals surface area contributed by atoms with E-state index in [1.165, 1.54) is 37.6 Å². The van der Waals surface area contributed by atoms with Gasteiger partial charge in [-0.05, 0) is 56.1 Å². The molecule has 0 radical (unpaired) electrons. The van der Waals surface area contributed by atoms with Gasteiger partial charge in [0.1, 0.15) is 18.5 Å². The van der Waals surface area contributed by atoms with Crippen LogP contribution in [-0.4, -0.2) is 34.4 Å². The lowest BCUT2D eigenvalue weighted by atomic mass is 10.1. The van der Waals surface area contributed by atoms with E-state index >= 15 is 0 Å². The molecule has 7 nitrogen and oxygen atoms in total. The van der Waals surface area contributed by atoms with Crippen molar-refractivity contribution in [2.45, 2.75) is 13.1 Å². The number of hydrogen-bond acceptors (Lipinski definition) is 6. The molecule has 0 atom stereocenters. The summed E-state index contributed by atoms with van der Waals surface area (Å²) in [7, 11) is -2.79. The molecule has 0 bridgehead atoms. The Labute approximate surface area is 182 Å². The summed E-state index contributed by atoms with van der Waals surface area (Å²) in [6, 6.07) is 10.6. The van der Waals surface area contributed by atoms with Crippen molar-refractivity contribution in [2.24, 2.45) is 0 Å². The van der Waals surface area contributed by atoms with Crippen LogP contribution in [-0.2, 0) is 10.7 Å². The quantitative estimate of drug-likeness (QED) is 0.429. The molecule has 3 aromatic rings. The maximum Gasteiger partial charge on any atom is 0.421 e. The number of aryl methyl sites for hydroxylation is 1. The summed E-state index contributed by atoms with van der Waals surface area (Å²) >= 11 is 0. The molecule has 0 fully saturated rings. The highest BCUT2D eigenvalue weighted by atomic mass is 31.2. The molecule has 0 aliphatic heterocycles. The minimum absolute atomic E-state index is 0.0731. The van der Waals surface area contributed by atoms with Crippen molar-refractivity contribution in [1.82, 2.24) is 9.97 Å². The Morgan fingerprint density at radius 2 is 1.75 bits per heavy atom. The van der Waals surface area contributed by atoms with E-state index in [1.54, 1.807) is 25.1 Å². The van der Waals surface area contributed by atoms with Gasteiger partial charge in [0.15, 0.2) is 0 Å². The van der Waals surface area contributed by atoms with Crippen LogP contribution in [0.2, 0.25) is 0 Å². The van der Waals surface area contributed by atoms with Crippen molar-refractivity contribution in [1.29, 1.82) is 0 Å². The summed E-state index contributed by atoms with van der Waals surface area (Å²) in [5, 5.41) is 14.9. The summed E-state index contributed by atoms with van der Waals surface area (Å²) in [5.74, 6) is -1.73. The summed E-state index contributed by atoms with van der Waals surface area (Å²) in [6.07, 6.45) is -4.07. The number of aromatic carboxylic acids is 1. The first-order valence-electron chi connectivity index (χ1n) is 9.33. The predicted octanol–water partition coefficient (Wildman–Crippen LogP) is 5.24. The second kappa shape index (κ2) is 8.63. The van der Waals surface area contributed by atoms with Crippen LogP contribution in [0.5, 0.6) is 0 Å². The number of nitrogens with zero attached hydrogens (tertiary/aromatic N) is 2. The highest BCUT2D eigenvalue weighted by Gasteiger charge is 2.35.